The number of H-pyrrole nitrogens is 1. The van der Waals surface area contributed by atoms with Crippen LogP contribution in [-0.2, 0) is 4.74 Å². The van der Waals surface area contributed by atoms with Gasteiger partial charge in [0.2, 0.25) is 5.56 Å². The van der Waals surface area contributed by atoms with E-state index in [2.05, 4.69) is 15.2 Å². The minimum atomic E-state index is -0.690. The van der Waals surface area contributed by atoms with Gasteiger partial charge in [0, 0.05) is 6.07 Å². The van der Waals surface area contributed by atoms with Crippen LogP contribution >= 0.6 is 0 Å². The average Bonchev–Trinajstić information content (AvgIpc) is 2.78. The molecule has 0 aromatic carbocycles. The zero-order valence-electron chi connectivity index (χ0n) is 8.97. The van der Waals surface area contributed by atoms with Crippen LogP contribution in [0.3, 0.4) is 0 Å². The summed E-state index contributed by atoms with van der Waals surface area (Å²) in [5, 5.41) is 7.17. The molecule has 17 heavy (non-hydrogen) atoms. The first-order valence-corrected chi connectivity index (χ1v) is 4.91. The van der Waals surface area contributed by atoms with Gasteiger partial charge in [-0.05, 0) is 13.0 Å². The van der Waals surface area contributed by atoms with Crippen molar-refractivity contribution >= 4 is 5.97 Å². The predicted molar refractivity (Wildman–Crippen MR) is 56.3 cm³/mol. The lowest BCUT2D eigenvalue weighted by Gasteiger charge is -1.95. The van der Waals surface area contributed by atoms with Gasteiger partial charge < -0.3 is 14.1 Å². The number of aromatic amines is 1. The quantitative estimate of drug-likeness (QED) is 0.782. The minimum Gasteiger partial charge on any atom is -0.459 e. The summed E-state index contributed by atoms with van der Waals surface area (Å²) in [5.74, 6) is -0.873. The number of hydrogen-bond acceptors (Lipinski definition) is 6. The van der Waals surface area contributed by atoms with E-state index >= 15 is 0 Å². The summed E-state index contributed by atoms with van der Waals surface area (Å²) in [6.45, 7) is 1.89. The standard InChI is InChI=1S/C10H9N3O4/c1-2-16-10(15)9-13-12-8(17-9)6-4-3-5-7(14)11-6/h3-5H,2H2,1H3,(H,11,14). The molecule has 0 aliphatic rings. The Morgan fingerprint density at radius 1 is 1.47 bits per heavy atom. The molecule has 0 bridgehead atoms. The summed E-state index contributed by atoms with van der Waals surface area (Å²) < 4.78 is 9.77. The van der Waals surface area contributed by atoms with Crippen LogP contribution in [0.4, 0.5) is 0 Å². The number of pyridine rings is 1. The summed E-state index contributed by atoms with van der Waals surface area (Å²) in [7, 11) is 0. The van der Waals surface area contributed by atoms with Crippen molar-refractivity contribution in [1.82, 2.24) is 15.2 Å². The lowest BCUT2D eigenvalue weighted by atomic mass is 10.3. The summed E-state index contributed by atoms with van der Waals surface area (Å²) in [4.78, 5) is 24.8. The second kappa shape index (κ2) is 4.60. The monoisotopic (exact) mass is 235 g/mol. The Labute approximate surface area is 95.4 Å². The maximum absolute atomic E-state index is 11.3. The zero-order chi connectivity index (χ0) is 12.3. The number of hydrogen-bond donors (Lipinski definition) is 1. The Bertz CT molecular complexity index is 587. The van der Waals surface area contributed by atoms with Gasteiger partial charge in [0.15, 0.2) is 0 Å². The number of ether oxygens (including phenoxy) is 1. The van der Waals surface area contributed by atoms with Gasteiger partial charge in [-0.3, -0.25) is 4.79 Å². The molecule has 2 aromatic rings. The van der Waals surface area contributed by atoms with E-state index in [9.17, 15) is 9.59 Å². The number of carbonyl (C=O) groups excluding carboxylic acids is 1. The van der Waals surface area contributed by atoms with Crippen molar-refractivity contribution in [2.75, 3.05) is 6.61 Å². The third-order valence-electron chi connectivity index (χ3n) is 1.87. The average molecular weight is 235 g/mol. The fourth-order valence-corrected chi connectivity index (χ4v) is 1.18. The fraction of sp³-hybridized carbons (Fsp3) is 0.200. The van der Waals surface area contributed by atoms with Gasteiger partial charge in [0.1, 0.15) is 5.69 Å². The Kier molecular flexibility index (Phi) is 2.99. The van der Waals surface area contributed by atoms with Crippen molar-refractivity contribution in [3.05, 3.63) is 34.4 Å². The summed E-state index contributed by atoms with van der Waals surface area (Å²) in [5.41, 5.74) is 0.0546. The summed E-state index contributed by atoms with van der Waals surface area (Å²) in [6, 6.07) is 4.48. The molecule has 0 saturated heterocycles. The van der Waals surface area contributed by atoms with Crippen molar-refractivity contribution in [3.8, 4) is 11.6 Å². The van der Waals surface area contributed by atoms with E-state index in [0.29, 0.717) is 5.69 Å². The molecule has 7 heteroatoms. The van der Waals surface area contributed by atoms with Crippen LogP contribution in [0.15, 0.2) is 27.4 Å². The van der Waals surface area contributed by atoms with Gasteiger partial charge in [0.25, 0.3) is 5.89 Å². The van der Waals surface area contributed by atoms with E-state index in [1.165, 1.54) is 6.07 Å². The van der Waals surface area contributed by atoms with Crippen LogP contribution in [0, 0.1) is 0 Å². The number of aromatic nitrogens is 3. The fourth-order valence-electron chi connectivity index (χ4n) is 1.18. The van der Waals surface area contributed by atoms with Crippen LogP contribution in [0.25, 0.3) is 11.6 Å². The number of carbonyl (C=O) groups is 1. The SMILES string of the molecule is CCOC(=O)c1nnc(-c2cccc(=O)[nH]2)o1. The Balaban J connectivity index is 2.30. The van der Waals surface area contributed by atoms with Crippen LogP contribution in [0.1, 0.15) is 17.6 Å². The molecule has 7 nitrogen and oxygen atoms in total. The Morgan fingerprint density at radius 3 is 3.00 bits per heavy atom. The topological polar surface area (TPSA) is 98.1 Å². The number of nitrogens with one attached hydrogen (secondary N) is 1. The number of esters is 1. The van der Waals surface area contributed by atoms with Crippen LogP contribution < -0.4 is 5.56 Å². The minimum absolute atomic E-state index is 0.0609. The third-order valence-corrected chi connectivity index (χ3v) is 1.87. The van der Waals surface area contributed by atoms with Crippen LogP contribution in [0.5, 0.6) is 0 Å². The molecular weight excluding hydrogens is 226 g/mol. The molecule has 2 rings (SSSR count). The lowest BCUT2D eigenvalue weighted by Crippen LogP contribution is -2.04. The first-order chi connectivity index (χ1) is 8.20. The maximum Gasteiger partial charge on any atom is 0.396 e. The van der Waals surface area contributed by atoms with Gasteiger partial charge in [-0.15, -0.1) is 10.2 Å². The molecule has 0 unspecified atom stereocenters. The molecule has 0 fully saturated rings. The van der Waals surface area contributed by atoms with Gasteiger partial charge in [-0.25, -0.2) is 4.79 Å². The van der Waals surface area contributed by atoms with Crippen LogP contribution in [-0.4, -0.2) is 27.8 Å². The molecule has 0 radical (unpaired) electrons. The lowest BCUT2D eigenvalue weighted by molar-refractivity contribution is 0.0481. The molecule has 0 saturated carbocycles. The largest absolute Gasteiger partial charge is 0.459 e. The normalized spacial score (nSPS) is 10.2. The number of nitrogens with zero attached hydrogens (tertiary/aromatic N) is 2. The highest BCUT2D eigenvalue weighted by Gasteiger charge is 2.16. The molecule has 0 spiro atoms. The van der Waals surface area contributed by atoms with E-state index < -0.39 is 5.97 Å². The first kappa shape index (κ1) is 11.1. The van der Waals surface area contributed by atoms with Crippen molar-refractivity contribution in [2.45, 2.75) is 6.92 Å². The highest BCUT2D eigenvalue weighted by Crippen LogP contribution is 2.13. The van der Waals surface area contributed by atoms with E-state index in [1.807, 2.05) is 0 Å². The van der Waals surface area contributed by atoms with E-state index in [0.717, 1.165) is 0 Å². The molecule has 2 aromatic heterocycles. The Hall–Kier alpha value is -2.44. The molecular formula is C10H9N3O4. The third kappa shape index (κ3) is 2.39. The molecule has 0 aliphatic heterocycles. The summed E-state index contributed by atoms with van der Waals surface area (Å²) in [6.07, 6.45) is 0. The van der Waals surface area contributed by atoms with Crippen molar-refractivity contribution in [3.63, 3.8) is 0 Å². The Morgan fingerprint density at radius 2 is 2.29 bits per heavy atom. The molecule has 2 heterocycles. The van der Waals surface area contributed by atoms with Gasteiger partial charge in [-0.2, -0.15) is 0 Å². The molecule has 1 N–H and O–H groups in total. The second-order valence-electron chi connectivity index (χ2n) is 3.06. The van der Waals surface area contributed by atoms with E-state index in [4.69, 9.17) is 9.15 Å². The highest BCUT2D eigenvalue weighted by atomic mass is 16.5. The predicted octanol–water partition coefficient (Wildman–Crippen LogP) is 0.602. The molecule has 0 amide bonds. The van der Waals surface area contributed by atoms with Gasteiger partial charge in [-0.1, -0.05) is 6.07 Å². The van der Waals surface area contributed by atoms with Crippen LogP contribution in [0.2, 0.25) is 0 Å². The van der Waals surface area contributed by atoms with Crippen molar-refractivity contribution in [1.29, 1.82) is 0 Å². The molecule has 0 atom stereocenters. The summed E-state index contributed by atoms with van der Waals surface area (Å²) >= 11 is 0. The van der Waals surface area contributed by atoms with Crippen molar-refractivity contribution < 1.29 is 13.9 Å². The zero-order valence-corrected chi connectivity index (χ0v) is 8.97. The van der Waals surface area contributed by atoms with Crippen molar-refractivity contribution in [2.24, 2.45) is 0 Å². The van der Waals surface area contributed by atoms with E-state index in [-0.39, 0.29) is 23.9 Å². The molecule has 0 aliphatic carbocycles. The molecule has 88 valence electrons. The number of rotatable bonds is 3. The van der Waals surface area contributed by atoms with E-state index in [1.54, 1.807) is 19.1 Å². The first-order valence-electron chi connectivity index (χ1n) is 4.91. The maximum atomic E-state index is 11.3. The smallest absolute Gasteiger partial charge is 0.396 e. The highest BCUT2D eigenvalue weighted by molar-refractivity contribution is 5.84. The second-order valence-corrected chi connectivity index (χ2v) is 3.06. The van der Waals surface area contributed by atoms with Gasteiger partial charge in [0.05, 0.1) is 6.61 Å². The van der Waals surface area contributed by atoms with Gasteiger partial charge >= 0.3 is 11.9 Å².